The first-order chi connectivity index (χ1) is 6.00. The van der Waals surface area contributed by atoms with Crippen LogP contribution in [0.1, 0.15) is 2.85 Å². The number of rotatable bonds is 0. The van der Waals surface area contributed by atoms with Gasteiger partial charge in [0, 0.05) is 73.6 Å². The summed E-state index contributed by atoms with van der Waals surface area (Å²) in [6, 6.07) is 0. The van der Waals surface area contributed by atoms with E-state index in [-0.39, 0.29) is 140 Å². The summed E-state index contributed by atoms with van der Waals surface area (Å²) in [6.07, 6.45) is 0. The van der Waals surface area contributed by atoms with E-state index in [1.165, 1.54) is 0 Å². The Balaban J connectivity index is -0.00000000225. The van der Waals surface area contributed by atoms with E-state index in [1.54, 1.807) is 0 Å². The van der Waals surface area contributed by atoms with Crippen LogP contribution in [0.4, 0.5) is 0 Å². The molecule has 0 fully saturated rings. The van der Waals surface area contributed by atoms with Crippen LogP contribution in [0, 0.1) is 71.0 Å². The van der Waals surface area contributed by atoms with Crippen molar-refractivity contribution in [3.05, 3.63) is 0 Å². The summed E-state index contributed by atoms with van der Waals surface area (Å²) in [5.41, 5.74) is 0. The molecule has 0 aliphatic heterocycles. The van der Waals surface area contributed by atoms with Crippen molar-refractivity contribution in [3.8, 4) is 39.4 Å². The molecule has 0 aromatic carbocycles. The second-order valence-electron chi connectivity index (χ2n) is 0. The zero-order chi connectivity index (χ0) is 12.0. The first-order valence-electron chi connectivity index (χ1n) is 1.55. The maximum Gasteiger partial charge on any atom is 1.00 e. The molecule has 0 amide bonds. The second kappa shape index (κ2) is 2410. The minimum atomic E-state index is 0. The third kappa shape index (κ3) is 1980. The summed E-state index contributed by atoms with van der Waals surface area (Å²) < 4.78 is 0. The number of hydrogen-bond donors (Lipinski definition) is 0. The zero-order valence-corrected chi connectivity index (χ0v) is 17.4. The van der Waals surface area contributed by atoms with Crippen LogP contribution in [-0.2, 0) is 34.1 Å². The predicted molar refractivity (Wildman–Crippen MR) is 42.2 cm³/mol. The van der Waals surface area contributed by atoms with E-state index in [9.17, 15) is 0 Å². The van der Waals surface area contributed by atoms with Gasteiger partial charge in [-0.15, -0.1) is 0 Å². The molecule has 1 radical (unpaired) electrons. The molecule has 0 saturated heterocycles. The van der Waals surface area contributed by atoms with Crippen molar-refractivity contribution < 1.29 is 140 Å². The Labute approximate surface area is 206 Å². The third-order valence-corrected chi connectivity index (χ3v) is 0. The van der Waals surface area contributed by atoms with Crippen LogP contribution >= 0.6 is 0 Å². The maximum absolute atomic E-state index is 6.50. The number of hydrogen-bond acceptors (Lipinski definition) is 6. The van der Waals surface area contributed by atoms with Crippen LogP contribution in [0.5, 0.6) is 0 Å². The Morgan fingerprint density at radius 1 is 0.438 bits per heavy atom. The van der Waals surface area contributed by atoms with Crippen molar-refractivity contribution in [2.45, 2.75) is 0 Å². The van der Waals surface area contributed by atoms with E-state index >= 15 is 0 Å². The molecule has 0 aliphatic rings. The van der Waals surface area contributed by atoms with Crippen molar-refractivity contribution in [2.24, 2.45) is 0 Å². The first-order valence-corrected chi connectivity index (χ1v) is 1.55. The summed E-state index contributed by atoms with van der Waals surface area (Å²) in [5, 5.41) is 39.0. The standard InChI is InChI=1S/6CHN.Fe.2K.Mn.2H/c6*1-2;;;;;;/h6*1H;;;;;;/q;;;;;;;2*+1;;2*-1. The maximum atomic E-state index is 6.50. The molecule has 6 nitrogen and oxygen atoms in total. The van der Waals surface area contributed by atoms with Crippen LogP contribution in [0.3, 0.4) is 0 Å². The summed E-state index contributed by atoms with van der Waals surface area (Å²) in [7, 11) is 0. The summed E-state index contributed by atoms with van der Waals surface area (Å²) in [4.78, 5) is 0. The Hall–Kier alpha value is 1.25. The van der Waals surface area contributed by atoms with Gasteiger partial charge in [0.25, 0.3) is 0 Å². The summed E-state index contributed by atoms with van der Waals surface area (Å²) in [6.45, 7) is 21.0. The molecule has 0 spiro atoms. The molecule has 16 heavy (non-hydrogen) atoms. The largest absolute Gasteiger partial charge is 1.00 e. The predicted octanol–water partition coefficient (Wildman–Crippen LogP) is -4.93. The Bertz CT molecular complexity index is 115. The van der Waals surface area contributed by atoms with Gasteiger partial charge in [-0.25, -0.2) is 31.6 Å². The molecule has 0 aromatic rings. The molecule has 0 heterocycles. The van der Waals surface area contributed by atoms with Gasteiger partial charge in [0.2, 0.25) is 0 Å². The molecule has 10 heteroatoms. The molecule has 0 unspecified atom stereocenters. The smallest absolute Gasteiger partial charge is 1.00 e. The summed E-state index contributed by atoms with van der Waals surface area (Å²) >= 11 is 0. The van der Waals surface area contributed by atoms with Gasteiger partial charge in [0.05, 0.1) is 0 Å². The van der Waals surface area contributed by atoms with Gasteiger partial charge in [-0.2, -0.15) is 0 Å². The molecule has 0 aliphatic carbocycles. The van der Waals surface area contributed by atoms with Gasteiger partial charge in [-0.3, -0.25) is 0 Å². The molecule has 0 saturated carbocycles. The summed E-state index contributed by atoms with van der Waals surface area (Å²) in [5.74, 6) is 0. The average Bonchev–Trinajstić information content (AvgIpc) is 2.33. The van der Waals surface area contributed by atoms with Crippen molar-refractivity contribution in [2.75, 3.05) is 0 Å². The van der Waals surface area contributed by atoms with Crippen LogP contribution in [-0.4, -0.2) is 0 Å². The first kappa shape index (κ1) is 86.6. The topological polar surface area (TPSA) is 143 Å². The van der Waals surface area contributed by atoms with Crippen LogP contribution in [0.15, 0.2) is 0 Å². The van der Waals surface area contributed by atoms with E-state index in [0.717, 1.165) is 0 Å². The molecule has 0 N–H and O–H groups in total. The zero-order valence-electron chi connectivity index (χ0n) is 10.9. The van der Waals surface area contributed by atoms with Gasteiger partial charge in [-0.05, 0) is 0 Å². The van der Waals surface area contributed by atoms with Gasteiger partial charge in [-0.1, -0.05) is 0 Å². The van der Waals surface area contributed by atoms with E-state index in [4.69, 9.17) is 31.6 Å². The molecular weight excluding hydrogens is 345 g/mol. The number of nitriles is 6. The van der Waals surface area contributed by atoms with E-state index in [1.807, 2.05) is 0 Å². The van der Waals surface area contributed by atoms with Crippen molar-refractivity contribution >= 4 is 0 Å². The average molecular weight is 353 g/mol. The van der Waals surface area contributed by atoms with Crippen molar-refractivity contribution in [1.29, 1.82) is 31.6 Å². The fraction of sp³-hybridized carbons (Fsp3) is 0. The van der Waals surface area contributed by atoms with E-state index in [0.29, 0.717) is 0 Å². The normalized spacial score (nSPS) is 0.750. The van der Waals surface area contributed by atoms with Gasteiger partial charge >= 0.3 is 103 Å². The molecule has 0 aromatic heterocycles. The van der Waals surface area contributed by atoms with Gasteiger partial charge in [0.1, 0.15) is 0 Å². The third-order valence-electron chi connectivity index (χ3n) is 0. The molecular formula is C6H8FeK2MnN6. The molecule has 0 rings (SSSR count). The fourth-order valence-corrected chi connectivity index (χ4v) is 0. The molecule has 0 bridgehead atoms. The minimum absolute atomic E-state index is 0. The van der Waals surface area contributed by atoms with Crippen LogP contribution < -0.4 is 103 Å². The van der Waals surface area contributed by atoms with E-state index in [2.05, 4.69) is 39.4 Å². The van der Waals surface area contributed by atoms with Crippen LogP contribution in [0.25, 0.3) is 0 Å². The molecule has 0 atom stereocenters. The minimum Gasteiger partial charge on any atom is -1.00 e. The molecule has 79 valence electrons. The Morgan fingerprint density at radius 3 is 0.438 bits per heavy atom. The quantitative estimate of drug-likeness (QED) is 0.399. The monoisotopic (exact) mass is 353 g/mol. The number of nitrogens with zero attached hydrogens (tertiary/aromatic N) is 6. The van der Waals surface area contributed by atoms with Gasteiger partial charge in [0.15, 0.2) is 0 Å². The van der Waals surface area contributed by atoms with E-state index < -0.39 is 0 Å². The second-order valence-corrected chi connectivity index (χ2v) is 0. The Kier molecular flexibility index (Phi) is 13100. The van der Waals surface area contributed by atoms with Crippen molar-refractivity contribution in [1.82, 2.24) is 0 Å². The fourth-order valence-electron chi connectivity index (χ4n) is 0. The van der Waals surface area contributed by atoms with Crippen molar-refractivity contribution in [3.63, 3.8) is 0 Å². The van der Waals surface area contributed by atoms with Crippen LogP contribution in [0.2, 0.25) is 0 Å². The Morgan fingerprint density at radius 2 is 0.438 bits per heavy atom. The van der Waals surface area contributed by atoms with Gasteiger partial charge < -0.3 is 2.85 Å². The SMILES string of the molecule is C#N.C#N.C#N.C#N.C#N.C#N.[Fe].[H-].[H-].[K+].[K+].[Mn].